The molecule has 1 aromatic rings. The van der Waals surface area contributed by atoms with Gasteiger partial charge in [0.2, 0.25) is 6.23 Å². The van der Waals surface area contributed by atoms with Crippen LogP contribution in [0.15, 0.2) is 12.1 Å². The van der Waals surface area contributed by atoms with E-state index in [1.807, 2.05) is 26.0 Å². The maximum Gasteiger partial charge on any atom is 0.399 e. The summed E-state index contributed by atoms with van der Waals surface area (Å²) in [6, 6.07) is 3.85. The lowest BCUT2D eigenvalue weighted by Gasteiger charge is -2.35. The van der Waals surface area contributed by atoms with Crippen molar-refractivity contribution in [1.29, 1.82) is 0 Å². The summed E-state index contributed by atoms with van der Waals surface area (Å²) in [5.74, 6) is -0.496. The lowest BCUT2D eigenvalue weighted by atomic mass is 9.92. The summed E-state index contributed by atoms with van der Waals surface area (Å²) >= 11 is 0. The summed E-state index contributed by atoms with van der Waals surface area (Å²) < 4.78 is 10.5. The minimum Gasteiger partial charge on any atom is -0.496 e. The Labute approximate surface area is 111 Å². The van der Waals surface area contributed by atoms with Crippen molar-refractivity contribution in [2.45, 2.75) is 32.5 Å². The highest BCUT2D eigenvalue weighted by Crippen LogP contribution is 2.40. The Morgan fingerprint density at radius 3 is 2.79 bits per heavy atom. The fourth-order valence-corrected chi connectivity index (χ4v) is 2.86. The van der Waals surface area contributed by atoms with Crippen molar-refractivity contribution in [3.63, 3.8) is 0 Å². The Morgan fingerprint density at radius 2 is 2.11 bits per heavy atom. The van der Waals surface area contributed by atoms with Crippen LogP contribution in [-0.2, 0) is 20.7 Å². The molecule has 1 saturated heterocycles. The van der Waals surface area contributed by atoms with Gasteiger partial charge in [-0.05, 0) is 43.5 Å². The first-order chi connectivity index (χ1) is 9.02. The number of benzene rings is 1. The van der Waals surface area contributed by atoms with Gasteiger partial charge in [-0.15, -0.1) is 0 Å². The highest BCUT2D eigenvalue weighted by molar-refractivity contribution is 6.34. The minimum atomic E-state index is -0.766. The van der Waals surface area contributed by atoms with Gasteiger partial charge >= 0.3 is 11.9 Å². The zero-order valence-corrected chi connectivity index (χ0v) is 11.1. The molecule has 2 heterocycles. The molecule has 0 bridgehead atoms. The molecule has 2 aliphatic heterocycles. The minimum absolute atomic E-state index is 0.0520. The van der Waals surface area contributed by atoms with E-state index in [-0.39, 0.29) is 6.04 Å². The van der Waals surface area contributed by atoms with Gasteiger partial charge in [0.1, 0.15) is 5.75 Å². The molecule has 100 valence electrons. The van der Waals surface area contributed by atoms with Crippen LogP contribution in [0.2, 0.25) is 0 Å². The number of esters is 1. The molecule has 5 heteroatoms. The molecule has 2 atom stereocenters. The summed E-state index contributed by atoms with van der Waals surface area (Å²) in [7, 11) is 1.63. The van der Waals surface area contributed by atoms with E-state index >= 15 is 0 Å². The van der Waals surface area contributed by atoms with Gasteiger partial charge in [-0.2, -0.15) is 0 Å². The van der Waals surface area contributed by atoms with Crippen LogP contribution >= 0.6 is 0 Å². The number of ether oxygens (including phenoxy) is 2. The maximum absolute atomic E-state index is 11.8. The second-order valence-corrected chi connectivity index (χ2v) is 5.04. The molecule has 0 saturated carbocycles. The smallest absolute Gasteiger partial charge is 0.399 e. The van der Waals surface area contributed by atoms with Crippen molar-refractivity contribution in [1.82, 2.24) is 4.90 Å². The Balaban J connectivity index is 2.12. The molecule has 2 aliphatic rings. The SMILES string of the molecule is COc1cc2c(cc1C)C1OC(=O)C(=O)N1C(C)C2. The van der Waals surface area contributed by atoms with Crippen LogP contribution in [-0.4, -0.2) is 29.9 Å². The number of nitrogens with zero attached hydrogens (tertiary/aromatic N) is 1. The topological polar surface area (TPSA) is 55.8 Å². The molecule has 0 aliphatic carbocycles. The van der Waals surface area contributed by atoms with Gasteiger partial charge in [0.15, 0.2) is 0 Å². The summed E-state index contributed by atoms with van der Waals surface area (Å²) in [5.41, 5.74) is 2.92. The summed E-state index contributed by atoms with van der Waals surface area (Å²) in [4.78, 5) is 24.8. The summed E-state index contributed by atoms with van der Waals surface area (Å²) in [6.07, 6.45) is 0.119. The Kier molecular flexibility index (Phi) is 2.52. The van der Waals surface area contributed by atoms with E-state index in [9.17, 15) is 9.59 Å². The van der Waals surface area contributed by atoms with Crippen LogP contribution in [0.3, 0.4) is 0 Å². The zero-order chi connectivity index (χ0) is 13.7. The van der Waals surface area contributed by atoms with Gasteiger partial charge in [-0.3, -0.25) is 9.69 Å². The summed E-state index contributed by atoms with van der Waals surface area (Å²) in [6.45, 7) is 3.85. The fraction of sp³-hybridized carbons (Fsp3) is 0.429. The van der Waals surface area contributed by atoms with Crippen LogP contribution in [0, 0.1) is 6.92 Å². The first-order valence-electron chi connectivity index (χ1n) is 6.23. The number of hydrogen-bond donors (Lipinski definition) is 0. The molecule has 1 amide bonds. The zero-order valence-electron chi connectivity index (χ0n) is 11.1. The van der Waals surface area contributed by atoms with E-state index in [0.29, 0.717) is 6.42 Å². The highest BCUT2D eigenvalue weighted by Gasteiger charge is 2.47. The van der Waals surface area contributed by atoms with Crippen molar-refractivity contribution in [3.8, 4) is 5.75 Å². The molecule has 3 rings (SSSR count). The molecule has 0 aromatic heterocycles. The molecule has 1 fully saturated rings. The van der Waals surface area contributed by atoms with Crippen molar-refractivity contribution in [2.75, 3.05) is 7.11 Å². The molecular weight excluding hydrogens is 246 g/mol. The van der Waals surface area contributed by atoms with Gasteiger partial charge < -0.3 is 9.47 Å². The molecule has 5 nitrogen and oxygen atoms in total. The van der Waals surface area contributed by atoms with Gasteiger partial charge in [0, 0.05) is 11.6 Å². The third kappa shape index (κ3) is 1.61. The van der Waals surface area contributed by atoms with E-state index in [0.717, 1.165) is 22.4 Å². The third-order valence-electron chi connectivity index (χ3n) is 3.79. The lowest BCUT2D eigenvalue weighted by molar-refractivity contribution is -0.149. The van der Waals surface area contributed by atoms with Crippen molar-refractivity contribution < 1.29 is 19.1 Å². The third-order valence-corrected chi connectivity index (χ3v) is 3.79. The van der Waals surface area contributed by atoms with Crippen molar-refractivity contribution in [3.05, 3.63) is 28.8 Å². The van der Waals surface area contributed by atoms with E-state index in [1.54, 1.807) is 7.11 Å². The average Bonchev–Trinajstić information content (AvgIpc) is 2.67. The van der Waals surface area contributed by atoms with Gasteiger partial charge in [0.05, 0.1) is 7.11 Å². The second-order valence-electron chi connectivity index (χ2n) is 5.04. The molecular formula is C14H15NO4. The van der Waals surface area contributed by atoms with Crippen molar-refractivity contribution in [2.24, 2.45) is 0 Å². The van der Waals surface area contributed by atoms with E-state index in [2.05, 4.69) is 0 Å². The predicted molar refractivity (Wildman–Crippen MR) is 66.6 cm³/mol. The van der Waals surface area contributed by atoms with Crippen LogP contribution in [0.4, 0.5) is 0 Å². The van der Waals surface area contributed by atoms with Gasteiger partial charge in [0.25, 0.3) is 0 Å². The monoisotopic (exact) mass is 261 g/mol. The number of fused-ring (bicyclic) bond motifs is 3. The normalized spacial score (nSPS) is 24.9. The molecule has 19 heavy (non-hydrogen) atoms. The van der Waals surface area contributed by atoms with Crippen LogP contribution in [0.1, 0.15) is 29.8 Å². The molecule has 0 spiro atoms. The maximum atomic E-state index is 11.8. The second kappa shape index (κ2) is 3.98. The standard InChI is InChI=1S/C14H15NO4/c1-7-4-10-9(6-11(7)18-3)5-8(2)15-12(16)14(17)19-13(10)15/h4,6,8,13H,5H2,1-3H3. The van der Waals surface area contributed by atoms with E-state index < -0.39 is 18.1 Å². The van der Waals surface area contributed by atoms with Crippen LogP contribution in [0.5, 0.6) is 5.75 Å². The summed E-state index contributed by atoms with van der Waals surface area (Å²) in [5, 5.41) is 0. The first-order valence-corrected chi connectivity index (χ1v) is 6.23. The fourth-order valence-electron chi connectivity index (χ4n) is 2.86. The van der Waals surface area contributed by atoms with Crippen LogP contribution < -0.4 is 4.74 Å². The Morgan fingerprint density at radius 1 is 1.37 bits per heavy atom. The highest BCUT2D eigenvalue weighted by atomic mass is 16.6. The van der Waals surface area contributed by atoms with Gasteiger partial charge in [-0.1, -0.05) is 0 Å². The number of hydrogen-bond acceptors (Lipinski definition) is 4. The largest absolute Gasteiger partial charge is 0.496 e. The number of carbonyl (C=O) groups is 2. The molecule has 2 unspecified atom stereocenters. The molecule has 0 radical (unpaired) electrons. The molecule has 1 aromatic carbocycles. The number of amides is 1. The molecule has 0 N–H and O–H groups in total. The van der Waals surface area contributed by atoms with Gasteiger partial charge in [-0.25, -0.2) is 4.79 Å². The number of aryl methyl sites for hydroxylation is 1. The average molecular weight is 261 g/mol. The van der Waals surface area contributed by atoms with Crippen LogP contribution in [0.25, 0.3) is 0 Å². The van der Waals surface area contributed by atoms with E-state index in [1.165, 1.54) is 4.90 Å². The predicted octanol–water partition coefficient (Wildman–Crippen LogP) is 1.33. The Bertz CT molecular complexity index is 581. The van der Waals surface area contributed by atoms with Crippen molar-refractivity contribution >= 4 is 11.9 Å². The Hall–Kier alpha value is -2.04. The quantitative estimate of drug-likeness (QED) is 0.565. The number of carbonyl (C=O) groups excluding carboxylic acids is 2. The number of rotatable bonds is 1. The lowest BCUT2D eigenvalue weighted by Crippen LogP contribution is -2.42. The number of methoxy groups -OCH3 is 1. The van der Waals surface area contributed by atoms with E-state index in [4.69, 9.17) is 9.47 Å². The first kappa shape index (κ1) is 12.0.